The zero-order valence-corrected chi connectivity index (χ0v) is 20.4. The standard InChI is InChI=1S/C21H23N5O4S3/c1-13-10-19(27)23-16-11-14(2-3-17(16)32-13)33(29,30)26-7-5-25(6-8-26)12-18-22-15-4-9-31-20(15)21(28)24-18/h2-4,9,11,13H,5-8,10,12H2,1H3,(H,23,27)(H,22,24,28). The monoisotopic (exact) mass is 505 g/mol. The number of hydrogen-bond acceptors (Lipinski definition) is 8. The van der Waals surface area contributed by atoms with Gasteiger partial charge in [-0.05, 0) is 29.6 Å². The van der Waals surface area contributed by atoms with Gasteiger partial charge in [-0.25, -0.2) is 13.4 Å². The van der Waals surface area contributed by atoms with Crippen LogP contribution in [0, 0.1) is 0 Å². The van der Waals surface area contributed by atoms with E-state index in [4.69, 9.17) is 0 Å². The van der Waals surface area contributed by atoms with E-state index < -0.39 is 10.0 Å². The predicted molar refractivity (Wildman–Crippen MR) is 129 cm³/mol. The molecule has 9 nitrogen and oxygen atoms in total. The highest BCUT2D eigenvalue weighted by Gasteiger charge is 2.30. The van der Waals surface area contributed by atoms with Crippen molar-refractivity contribution in [1.29, 1.82) is 0 Å². The van der Waals surface area contributed by atoms with Gasteiger partial charge in [-0.15, -0.1) is 23.1 Å². The van der Waals surface area contributed by atoms with E-state index in [0.29, 0.717) is 60.9 Å². The molecule has 1 fully saturated rings. The lowest BCUT2D eigenvalue weighted by molar-refractivity contribution is -0.116. The number of carbonyl (C=O) groups is 1. The van der Waals surface area contributed by atoms with Gasteiger partial charge in [0.05, 0.1) is 22.6 Å². The number of rotatable bonds is 4. The number of H-pyrrole nitrogens is 1. The topological polar surface area (TPSA) is 115 Å². The summed E-state index contributed by atoms with van der Waals surface area (Å²) in [5.74, 6) is 0.472. The Balaban J connectivity index is 1.28. The lowest BCUT2D eigenvalue weighted by atomic mass is 10.3. The van der Waals surface area contributed by atoms with Crippen LogP contribution in [0.15, 0.2) is 44.2 Å². The Morgan fingerprint density at radius 3 is 2.73 bits per heavy atom. The van der Waals surface area contributed by atoms with E-state index in [1.54, 1.807) is 30.0 Å². The quantitative estimate of drug-likeness (QED) is 0.559. The van der Waals surface area contributed by atoms with Gasteiger partial charge >= 0.3 is 0 Å². The zero-order valence-electron chi connectivity index (χ0n) is 17.9. The second-order valence-corrected chi connectivity index (χ2v) is 12.5. The molecule has 2 aliphatic rings. The minimum absolute atomic E-state index is 0.107. The van der Waals surface area contributed by atoms with Crippen molar-refractivity contribution in [1.82, 2.24) is 19.2 Å². The fraction of sp³-hybridized carbons (Fsp3) is 0.381. The maximum absolute atomic E-state index is 13.3. The fourth-order valence-electron chi connectivity index (χ4n) is 4.08. The second kappa shape index (κ2) is 8.84. The third-order valence-electron chi connectivity index (χ3n) is 5.73. The van der Waals surface area contributed by atoms with Crippen LogP contribution in [-0.2, 0) is 21.4 Å². The number of sulfonamides is 1. The highest BCUT2D eigenvalue weighted by molar-refractivity contribution is 8.00. The summed E-state index contributed by atoms with van der Waals surface area (Å²) in [5, 5.41) is 4.80. The van der Waals surface area contributed by atoms with Crippen LogP contribution in [0.25, 0.3) is 10.2 Å². The van der Waals surface area contributed by atoms with Gasteiger partial charge < -0.3 is 10.3 Å². The number of fused-ring (bicyclic) bond motifs is 2. The molecule has 5 rings (SSSR count). The molecule has 1 amide bonds. The molecule has 0 aliphatic carbocycles. The molecule has 3 aromatic rings. The van der Waals surface area contributed by atoms with Crippen LogP contribution < -0.4 is 10.9 Å². The van der Waals surface area contributed by atoms with Crippen molar-refractivity contribution in [3.8, 4) is 0 Å². The summed E-state index contributed by atoms with van der Waals surface area (Å²) < 4.78 is 28.6. The number of aromatic amines is 1. The zero-order chi connectivity index (χ0) is 23.2. The maximum atomic E-state index is 13.3. The van der Waals surface area contributed by atoms with Crippen molar-refractivity contribution in [3.05, 3.63) is 45.8 Å². The van der Waals surface area contributed by atoms with Crippen LogP contribution in [0.1, 0.15) is 19.2 Å². The molecule has 1 aromatic carbocycles. The first-order valence-electron chi connectivity index (χ1n) is 10.6. The van der Waals surface area contributed by atoms with E-state index in [2.05, 4.69) is 20.2 Å². The summed E-state index contributed by atoms with van der Waals surface area (Å²) in [6.45, 7) is 4.16. The summed E-state index contributed by atoms with van der Waals surface area (Å²) in [6.07, 6.45) is 0.392. The Morgan fingerprint density at radius 1 is 1.15 bits per heavy atom. The number of piperazine rings is 1. The van der Waals surface area contributed by atoms with Crippen molar-refractivity contribution in [2.24, 2.45) is 0 Å². The molecular formula is C21H23N5O4S3. The Hall–Kier alpha value is -2.25. The average molecular weight is 506 g/mol. The third kappa shape index (κ3) is 4.58. The van der Waals surface area contributed by atoms with Crippen molar-refractivity contribution in [2.75, 3.05) is 31.5 Å². The average Bonchev–Trinajstić information content (AvgIpc) is 3.18. The van der Waals surface area contributed by atoms with E-state index in [0.717, 1.165) is 4.90 Å². The Labute approximate surface area is 199 Å². The smallest absolute Gasteiger partial charge is 0.268 e. The van der Waals surface area contributed by atoms with Gasteiger partial charge in [0.2, 0.25) is 15.9 Å². The molecule has 2 aliphatic heterocycles. The minimum atomic E-state index is -3.69. The summed E-state index contributed by atoms with van der Waals surface area (Å²) in [6, 6.07) is 6.77. The summed E-state index contributed by atoms with van der Waals surface area (Å²) in [5.41, 5.74) is 1.09. The van der Waals surface area contributed by atoms with E-state index in [9.17, 15) is 18.0 Å². The van der Waals surface area contributed by atoms with E-state index in [1.807, 2.05) is 18.4 Å². The molecule has 1 saturated heterocycles. The number of nitrogens with one attached hydrogen (secondary N) is 2. The highest BCUT2D eigenvalue weighted by atomic mass is 32.2. The summed E-state index contributed by atoms with van der Waals surface area (Å²) in [4.78, 5) is 34.7. The first-order chi connectivity index (χ1) is 15.8. The summed E-state index contributed by atoms with van der Waals surface area (Å²) >= 11 is 2.93. The Morgan fingerprint density at radius 2 is 1.94 bits per heavy atom. The number of amides is 1. The number of benzene rings is 1. The van der Waals surface area contributed by atoms with Crippen molar-refractivity contribution >= 4 is 54.9 Å². The minimum Gasteiger partial charge on any atom is -0.325 e. The molecule has 2 N–H and O–H groups in total. The van der Waals surface area contributed by atoms with E-state index >= 15 is 0 Å². The number of hydrogen-bond donors (Lipinski definition) is 2. The van der Waals surface area contributed by atoms with Gasteiger partial charge in [0.25, 0.3) is 5.56 Å². The van der Waals surface area contributed by atoms with Crippen LogP contribution in [0.4, 0.5) is 5.69 Å². The SMILES string of the molecule is CC1CC(=O)Nc2cc(S(=O)(=O)N3CCN(Cc4nc5ccsc5c(=O)[nH]4)CC3)ccc2S1. The Kier molecular flexibility index (Phi) is 6.04. The molecule has 1 unspecified atom stereocenters. The third-order valence-corrected chi connectivity index (χ3v) is 9.71. The van der Waals surface area contributed by atoms with Crippen LogP contribution in [0.2, 0.25) is 0 Å². The van der Waals surface area contributed by atoms with Gasteiger partial charge in [0, 0.05) is 42.7 Å². The van der Waals surface area contributed by atoms with Gasteiger partial charge in [-0.3, -0.25) is 14.5 Å². The van der Waals surface area contributed by atoms with Crippen LogP contribution >= 0.6 is 23.1 Å². The van der Waals surface area contributed by atoms with Crippen LogP contribution in [0.5, 0.6) is 0 Å². The number of thiophene rings is 1. The first kappa shape index (κ1) is 22.5. The molecule has 1 atom stereocenters. The fourth-order valence-corrected chi connectivity index (χ4v) is 7.30. The largest absolute Gasteiger partial charge is 0.325 e. The number of anilines is 1. The molecule has 0 radical (unpaired) electrons. The second-order valence-electron chi connectivity index (χ2n) is 8.17. The van der Waals surface area contributed by atoms with Gasteiger partial charge in [0.1, 0.15) is 10.5 Å². The number of aromatic nitrogens is 2. The van der Waals surface area contributed by atoms with Crippen molar-refractivity contribution in [3.63, 3.8) is 0 Å². The molecule has 12 heteroatoms. The van der Waals surface area contributed by atoms with Crippen LogP contribution in [-0.4, -0.2) is 64.9 Å². The van der Waals surface area contributed by atoms with E-state index in [-0.39, 0.29) is 21.6 Å². The molecular weight excluding hydrogens is 482 g/mol. The first-order valence-corrected chi connectivity index (χ1v) is 13.8. The lowest BCUT2D eigenvalue weighted by Crippen LogP contribution is -2.48. The molecule has 0 saturated carbocycles. The number of thioether (sulfide) groups is 1. The normalized spacial score (nSPS) is 20.4. The van der Waals surface area contributed by atoms with Gasteiger partial charge in [-0.1, -0.05) is 6.92 Å². The van der Waals surface area contributed by atoms with Gasteiger partial charge in [-0.2, -0.15) is 4.31 Å². The van der Waals surface area contributed by atoms with Gasteiger partial charge in [0.15, 0.2) is 0 Å². The van der Waals surface area contributed by atoms with Crippen LogP contribution in [0.3, 0.4) is 0 Å². The molecule has 2 aromatic heterocycles. The lowest BCUT2D eigenvalue weighted by Gasteiger charge is -2.33. The maximum Gasteiger partial charge on any atom is 0.268 e. The van der Waals surface area contributed by atoms with Crippen molar-refractivity contribution < 1.29 is 13.2 Å². The summed E-state index contributed by atoms with van der Waals surface area (Å²) in [7, 11) is -3.69. The molecule has 33 heavy (non-hydrogen) atoms. The molecule has 0 spiro atoms. The van der Waals surface area contributed by atoms with Crippen molar-refractivity contribution in [2.45, 2.75) is 34.9 Å². The molecule has 174 valence electrons. The predicted octanol–water partition coefficient (Wildman–Crippen LogP) is 2.31. The Bertz CT molecular complexity index is 1380. The van der Waals surface area contributed by atoms with E-state index in [1.165, 1.54) is 15.6 Å². The molecule has 0 bridgehead atoms. The number of carbonyl (C=O) groups excluding carboxylic acids is 1. The molecule has 4 heterocycles. The number of nitrogens with zero attached hydrogens (tertiary/aromatic N) is 3. The highest BCUT2D eigenvalue weighted by Crippen LogP contribution is 2.36.